The molecule has 8 rings (SSSR count). The van der Waals surface area contributed by atoms with Crippen molar-refractivity contribution < 1.29 is 8.98 Å². The summed E-state index contributed by atoms with van der Waals surface area (Å²) in [7, 11) is 2.19. The fourth-order valence-electron chi connectivity index (χ4n) is 7.47. The summed E-state index contributed by atoms with van der Waals surface area (Å²) < 4.78 is 11.7. The Morgan fingerprint density at radius 3 is 1.88 bits per heavy atom. The predicted molar refractivity (Wildman–Crippen MR) is 201 cm³/mol. The second kappa shape index (κ2) is 11.7. The molecule has 0 aliphatic heterocycles. The van der Waals surface area contributed by atoms with Crippen molar-refractivity contribution in [2.45, 2.75) is 46.5 Å². The van der Waals surface area contributed by atoms with Crippen molar-refractivity contribution in [3.05, 3.63) is 144 Å². The first kappa shape index (κ1) is 30.0. The van der Waals surface area contributed by atoms with Gasteiger partial charge in [-0.3, -0.25) is 0 Å². The number of aryl methyl sites for hydroxylation is 2. The van der Waals surface area contributed by atoms with E-state index in [2.05, 4.69) is 178 Å². The highest BCUT2D eigenvalue weighted by Crippen LogP contribution is 2.42. The van der Waals surface area contributed by atoms with E-state index in [1.54, 1.807) is 0 Å². The van der Waals surface area contributed by atoms with Gasteiger partial charge in [0.2, 0.25) is 0 Å². The van der Waals surface area contributed by atoms with Crippen LogP contribution in [0.3, 0.4) is 0 Å². The molecule has 0 fully saturated rings. The molecule has 0 amide bonds. The smallest absolute Gasteiger partial charge is 0.299 e. The highest BCUT2D eigenvalue weighted by atomic mass is 16.3. The van der Waals surface area contributed by atoms with E-state index in [1.807, 2.05) is 0 Å². The SMILES string of the molecule is Cc1ccc2c(oc3ccc(-c4ccc(-c5ccccc5)cc4)cc32)c1-c1n(-c2c(C(C)C)cccc2C(C)C)c2ccccc2[n+]1C. The van der Waals surface area contributed by atoms with Crippen molar-refractivity contribution in [3.8, 4) is 39.3 Å². The Morgan fingerprint density at radius 1 is 0.583 bits per heavy atom. The molecule has 0 radical (unpaired) electrons. The van der Waals surface area contributed by atoms with Gasteiger partial charge in [0.1, 0.15) is 16.8 Å². The van der Waals surface area contributed by atoms with Crippen LogP contribution in [0, 0.1) is 6.92 Å². The molecule has 0 unspecified atom stereocenters. The van der Waals surface area contributed by atoms with Crippen molar-refractivity contribution in [2.75, 3.05) is 0 Å². The molecule has 48 heavy (non-hydrogen) atoms. The predicted octanol–water partition coefficient (Wildman–Crippen LogP) is 11.9. The summed E-state index contributed by atoms with van der Waals surface area (Å²) in [6.07, 6.45) is 0. The summed E-state index contributed by atoms with van der Waals surface area (Å²) in [6.45, 7) is 11.4. The molecule has 0 atom stereocenters. The zero-order valence-electron chi connectivity index (χ0n) is 28.6. The average Bonchev–Trinajstić information content (AvgIpc) is 3.62. The third kappa shape index (κ3) is 4.76. The first-order chi connectivity index (χ1) is 23.3. The zero-order valence-corrected chi connectivity index (χ0v) is 28.6. The van der Waals surface area contributed by atoms with Crippen molar-refractivity contribution in [3.63, 3.8) is 0 Å². The molecule has 3 nitrogen and oxygen atoms in total. The van der Waals surface area contributed by atoms with Crippen molar-refractivity contribution in [2.24, 2.45) is 7.05 Å². The number of aromatic nitrogens is 2. The van der Waals surface area contributed by atoms with Crippen LogP contribution >= 0.6 is 0 Å². The first-order valence-electron chi connectivity index (χ1n) is 17.1. The molecule has 8 aromatic rings. The van der Waals surface area contributed by atoms with Crippen LogP contribution in [-0.2, 0) is 7.05 Å². The maximum absolute atomic E-state index is 6.86. The van der Waals surface area contributed by atoms with Gasteiger partial charge in [0, 0.05) is 21.9 Å². The number of fused-ring (bicyclic) bond motifs is 4. The van der Waals surface area contributed by atoms with E-state index < -0.39 is 0 Å². The maximum atomic E-state index is 6.86. The molecule has 2 heterocycles. The molecular weight excluding hydrogens is 585 g/mol. The monoisotopic (exact) mass is 625 g/mol. The van der Waals surface area contributed by atoms with Crippen molar-refractivity contribution in [1.29, 1.82) is 0 Å². The van der Waals surface area contributed by atoms with Gasteiger partial charge in [-0.1, -0.05) is 131 Å². The Labute approximate surface area is 282 Å². The third-order valence-corrected chi connectivity index (χ3v) is 9.98. The lowest BCUT2D eigenvalue weighted by molar-refractivity contribution is -0.633. The van der Waals surface area contributed by atoms with Gasteiger partial charge in [0.05, 0.1) is 7.05 Å². The van der Waals surface area contributed by atoms with Crippen LogP contribution in [-0.4, -0.2) is 4.57 Å². The molecule has 0 N–H and O–H groups in total. The summed E-state index contributed by atoms with van der Waals surface area (Å²) in [4.78, 5) is 0. The summed E-state index contributed by atoms with van der Waals surface area (Å²) in [5.74, 6) is 1.85. The van der Waals surface area contributed by atoms with Crippen molar-refractivity contribution >= 4 is 33.0 Å². The Kier molecular flexibility index (Phi) is 7.29. The van der Waals surface area contributed by atoms with Gasteiger partial charge in [0.15, 0.2) is 16.6 Å². The normalized spacial score (nSPS) is 11.9. The minimum absolute atomic E-state index is 0.362. The van der Waals surface area contributed by atoms with Gasteiger partial charge < -0.3 is 4.42 Å². The lowest BCUT2D eigenvalue weighted by atomic mass is 9.92. The molecule has 0 spiro atoms. The van der Waals surface area contributed by atoms with E-state index in [1.165, 1.54) is 55.7 Å². The van der Waals surface area contributed by atoms with E-state index in [4.69, 9.17) is 4.42 Å². The molecule has 0 bridgehead atoms. The molecule has 2 aromatic heterocycles. The number of rotatable bonds is 6. The number of imidazole rings is 1. The van der Waals surface area contributed by atoms with Crippen LogP contribution in [0.5, 0.6) is 0 Å². The van der Waals surface area contributed by atoms with Gasteiger partial charge >= 0.3 is 0 Å². The summed E-state index contributed by atoms with van der Waals surface area (Å²) in [5, 5.41) is 2.26. The molecule has 3 heteroatoms. The van der Waals surface area contributed by atoms with Gasteiger partial charge in [-0.2, -0.15) is 4.57 Å². The minimum atomic E-state index is 0.362. The molecule has 0 aliphatic carbocycles. The number of para-hydroxylation sites is 3. The van der Waals surface area contributed by atoms with Crippen LogP contribution in [0.25, 0.3) is 72.3 Å². The lowest BCUT2D eigenvalue weighted by Crippen LogP contribution is -2.30. The van der Waals surface area contributed by atoms with E-state index in [0.29, 0.717) is 11.8 Å². The van der Waals surface area contributed by atoms with Gasteiger partial charge in [-0.15, -0.1) is 0 Å². The van der Waals surface area contributed by atoms with E-state index in [9.17, 15) is 0 Å². The number of hydrogen-bond acceptors (Lipinski definition) is 1. The van der Waals surface area contributed by atoms with E-state index in [0.717, 1.165) is 33.3 Å². The highest BCUT2D eigenvalue weighted by molar-refractivity contribution is 6.11. The fraction of sp³-hybridized carbons (Fsp3) is 0.178. The number of hydrogen-bond donors (Lipinski definition) is 0. The largest absolute Gasteiger partial charge is 0.455 e. The third-order valence-electron chi connectivity index (χ3n) is 9.98. The number of nitrogens with zero attached hydrogens (tertiary/aromatic N) is 2. The summed E-state index contributed by atoms with van der Waals surface area (Å²) in [5.41, 5.74) is 15.3. The van der Waals surface area contributed by atoms with Crippen LogP contribution in [0.4, 0.5) is 0 Å². The van der Waals surface area contributed by atoms with Crippen molar-refractivity contribution in [1.82, 2.24) is 4.57 Å². The van der Waals surface area contributed by atoms with Crippen LogP contribution in [0.1, 0.15) is 56.2 Å². The second-order valence-electron chi connectivity index (χ2n) is 13.7. The Hall–Kier alpha value is -5.41. The molecule has 236 valence electrons. The first-order valence-corrected chi connectivity index (χ1v) is 17.1. The quantitative estimate of drug-likeness (QED) is 0.169. The lowest BCUT2D eigenvalue weighted by Gasteiger charge is -2.18. The molecule has 0 saturated heterocycles. The summed E-state index contributed by atoms with van der Waals surface area (Å²) in [6, 6.07) is 46.1. The Balaban J connectivity index is 1.37. The van der Waals surface area contributed by atoms with Crippen LogP contribution < -0.4 is 4.57 Å². The number of furan rings is 1. The standard InChI is InChI=1S/C45H41N2O/c1-28(2)35-15-12-16-36(29(3)4)43(35)47-40-18-11-10-17-39(40)46(6)45(47)42-30(5)19-25-37-38-27-34(24-26-41(38)48-44(37)42)33-22-20-32(21-23-33)31-13-8-7-9-14-31/h7-29H,1-6H3/q+1. The fourth-order valence-corrected chi connectivity index (χ4v) is 7.47. The number of benzene rings is 6. The minimum Gasteiger partial charge on any atom is -0.455 e. The zero-order chi connectivity index (χ0) is 33.1. The highest BCUT2D eigenvalue weighted by Gasteiger charge is 2.33. The van der Waals surface area contributed by atoms with Gasteiger partial charge in [-0.05, 0) is 70.8 Å². The molecular formula is C45H41N2O+. The average molecular weight is 626 g/mol. The van der Waals surface area contributed by atoms with Crippen LogP contribution in [0.2, 0.25) is 0 Å². The molecule has 0 aliphatic rings. The van der Waals surface area contributed by atoms with Crippen LogP contribution in [0.15, 0.2) is 132 Å². The second-order valence-corrected chi connectivity index (χ2v) is 13.7. The van der Waals surface area contributed by atoms with E-state index in [-0.39, 0.29) is 0 Å². The molecule has 0 saturated carbocycles. The van der Waals surface area contributed by atoms with Gasteiger partial charge in [-0.25, -0.2) is 4.57 Å². The van der Waals surface area contributed by atoms with Gasteiger partial charge in [0.25, 0.3) is 5.82 Å². The Bertz CT molecular complexity index is 2430. The summed E-state index contributed by atoms with van der Waals surface area (Å²) >= 11 is 0. The molecule has 6 aromatic carbocycles. The Morgan fingerprint density at radius 2 is 1.19 bits per heavy atom. The van der Waals surface area contributed by atoms with E-state index >= 15 is 0 Å². The topological polar surface area (TPSA) is 21.9 Å². The maximum Gasteiger partial charge on any atom is 0.299 e.